The highest BCUT2D eigenvalue weighted by atomic mass is 19.4. The molecule has 0 radical (unpaired) electrons. The van der Waals surface area contributed by atoms with Crippen LogP contribution in [0, 0.1) is 11.3 Å². The zero-order valence-electron chi connectivity index (χ0n) is 17.4. The third kappa shape index (κ3) is 3.80. The molecule has 1 aliphatic carbocycles. The van der Waals surface area contributed by atoms with Crippen molar-refractivity contribution in [2.24, 2.45) is 11.3 Å². The summed E-state index contributed by atoms with van der Waals surface area (Å²) in [6.07, 6.45) is 1.57. The van der Waals surface area contributed by atoms with Crippen molar-refractivity contribution in [2.45, 2.75) is 71.1 Å². The van der Waals surface area contributed by atoms with Crippen LogP contribution in [0.1, 0.15) is 62.6 Å². The first-order valence-electron chi connectivity index (χ1n) is 10.9. The van der Waals surface area contributed by atoms with Crippen LogP contribution in [0.15, 0.2) is 18.2 Å². The topological polar surface area (TPSA) is 23.6 Å². The molecule has 1 amide bonds. The minimum atomic E-state index is -4.35. The molecule has 0 aromatic heterocycles. The average molecular weight is 409 g/mol. The van der Waals surface area contributed by atoms with Crippen LogP contribution in [-0.2, 0) is 23.9 Å². The zero-order chi connectivity index (χ0) is 20.8. The SMILES string of the molecule is CC(C)[C@]1(C(=O)N2CCc3ccc(C(F)(F)F)cc3C2)CC[C@@H](N2CCCC2)C1. The Morgan fingerprint density at radius 3 is 2.52 bits per heavy atom. The maximum Gasteiger partial charge on any atom is 0.416 e. The van der Waals surface area contributed by atoms with Gasteiger partial charge < -0.3 is 9.80 Å². The second-order valence-corrected chi connectivity index (χ2v) is 9.41. The van der Waals surface area contributed by atoms with Crippen molar-refractivity contribution in [3.8, 4) is 0 Å². The van der Waals surface area contributed by atoms with E-state index in [0.717, 1.165) is 44.0 Å². The van der Waals surface area contributed by atoms with Gasteiger partial charge in [-0.15, -0.1) is 0 Å². The molecule has 6 heteroatoms. The monoisotopic (exact) mass is 408 g/mol. The summed E-state index contributed by atoms with van der Waals surface area (Å²) in [6, 6.07) is 4.44. The van der Waals surface area contributed by atoms with E-state index in [0.29, 0.717) is 31.1 Å². The maximum atomic E-state index is 13.7. The van der Waals surface area contributed by atoms with Crippen LogP contribution in [0.3, 0.4) is 0 Å². The number of alkyl halides is 3. The van der Waals surface area contributed by atoms with Crippen molar-refractivity contribution >= 4 is 5.91 Å². The smallest absolute Gasteiger partial charge is 0.338 e. The van der Waals surface area contributed by atoms with Gasteiger partial charge in [0, 0.05) is 19.1 Å². The molecule has 0 N–H and O–H groups in total. The zero-order valence-corrected chi connectivity index (χ0v) is 17.4. The second kappa shape index (κ2) is 7.60. The van der Waals surface area contributed by atoms with Gasteiger partial charge >= 0.3 is 6.18 Å². The van der Waals surface area contributed by atoms with Crippen LogP contribution in [0.2, 0.25) is 0 Å². The van der Waals surface area contributed by atoms with Crippen LogP contribution >= 0.6 is 0 Å². The third-order valence-electron chi connectivity index (χ3n) is 7.54. The highest BCUT2D eigenvalue weighted by molar-refractivity contribution is 5.84. The Balaban J connectivity index is 1.54. The van der Waals surface area contributed by atoms with Crippen molar-refractivity contribution in [3.63, 3.8) is 0 Å². The van der Waals surface area contributed by atoms with Gasteiger partial charge in [0.2, 0.25) is 5.91 Å². The van der Waals surface area contributed by atoms with E-state index in [-0.39, 0.29) is 17.2 Å². The molecule has 29 heavy (non-hydrogen) atoms. The predicted molar refractivity (Wildman–Crippen MR) is 106 cm³/mol. The Kier molecular flexibility index (Phi) is 5.43. The van der Waals surface area contributed by atoms with Crippen molar-refractivity contribution in [2.75, 3.05) is 19.6 Å². The lowest BCUT2D eigenvalue weighted by molar-refractivity contribution is -0.146. The third-order valence-corrected chi connectivity index (χ3v) is 7.54. The quantitative estimate of drug-likeness (QED) is 0.712. The van der Waals surface area contributed by atoms with Gasteiger partial charge in [0.15, 0.2) is 0 Å². The molecule has 0 bridgehead atoms. The number of hydrogen-bond acceptors (Lipinski definition) is 2. The van der Waals surface area contributed by atoms with Gasteiger partial charge in [0.1, 0.15) is 0 Å². The van der Waals surface area contributed by atoms with E-state index in [1.807, 2.05) is 4.90 Å². The molecule has 1 saturated heterocycles. The van der Waals surface area contributed by atoms with Crippen LogP contribution in [0.4, 0.5) is 13.2 Å². The largest absolute Gasteiger partial charge is 0.416 e. The fourth-order valence-electron chi connectivity index (χ4n) is 5.65. The van der Waals surface area contributed by atoms with E-state index in [2.05, 4.69) is 18.7 Å². The van der Waals surface area contributed by atoms with Crippen LogP contribution in [0.25, 0.3) is 0 Å². The molecule has 1 aromatic carbocycles. The van der Waals surface area contributed by atoms with Crippen molar-refractivity contribution in [1.29, 1.82) is 0 Å². The standard InChI is InChI=1S/C23H31F3N2O/c1-16(2)22(9-7-20(14-22)27-10-3-4-11-27)21(29)28-12-8-17-5-6-19(23(24,25)26)13-18(17)15-28/h5-6,13,16,20H,3-4,7-12,14-15H2,1-2H3/t20-,22+/m1/s1. The number of fused-ring (bicyclic) bond motifs is 1. The van der Waals surface area contributed by atoms with Gasteiger partial charge in [-0.3, -0.25) is 4.79 Å². The number of carbonyl (C=O) groups is 1. The first-order chi connectivity index (χ1) is 13.7. The molecule has 2 fully saturated rings. The maximum absolute atomic E-state index is 13.7. The van der Waals surface area contributed by atoms with E-state index < -0.39 is 11.7 Å². The summed E-state index contributed by atoms with van der Waals surface area (Å²) in [5.74, 6) is 0.378. The lowest BCUT2D eigenvalue weighted by atomic mass is 9.73. The minimum Gasteiger partial charge on any atom is -0.338 e. The van der Waals surface area contributed by atoms with Gasteiger partial charge in [0.05, 0.1) is 11.0 Å². The molecule has 2 aliphatic heterocycles. The van der Waals surface area contributed by atoms with E-state index in [1.165, 1.54) is 18.9 Å². The molecule has 3 nitrogen and oxygen atoms in total. The summed E-state index contributed by atoms with van der Waals surface area (Å²) in [7, 11) is 0. The number of amides is 1. The van der Waals surface area contributed by atoms with E-state index >= 15 is 0 Å². The normalized spacial score (nSPS) is 28.2. The summed E-state index contributed by atoms with van der Waals surface area (Å²) in [6.45, 7) is 7.41. The van der Waals surface area contributed by atoms with Crippen molar-refractivity contribution in [1.82, 2.24) is 9.80 Å². The first kappa shape index (κ1) is 20.7. The summed E-state index contributed by atoms with van der Waals surface area (Å²) >= 11 is 0. The average Bonchev–Trinajstić information content (AvgIpc) is 3.36. The highest BCUT2D eigenvalue weighted by Crippen LogP contribution is 2.48. The molecule has 1 aromatic rings. The van der Waals surface area contributed by atoms with Gasteiger partial charge in [-0.05, 0) is 80.8 Å². The Labute approximate surface area is 171 Å². The molecule has 0 spiro atoms. The minimum absolute atomic E-state index is 0.150. The molecule has 4 rings (SSSR count). The molecular formula is C23H31F3N2O. The molecule has 1 saturated carbocycles. The fraction of sp³-hybridized carbons (Fsp3) is 0.696. The first-order valence-corrected chi connectivity index (χ1v) is 10.9. The van der Waals surface area contributed by atoms with E-state index in [4.69, 9.17) is 0 Å². The number of benzene rings is 1. The van der Waals surface area contributed by atoms with Gasteiger partial charge in [-0.1, -0.05) is 19.9 Å². The number of carbonyl (C=O) groups excluding carboxylic acids is 1. The van der Waals surface area contributed by atoms with E-state index in [1.54, 1.807) is 6.07 Å². The summed E-state index contributed by atoms with van der Waals surface area (Å²) < 4.78 is 39.4. The van der Waals surface area contributed by atoms with Gasteiger partial charge in [-0.2, -0.15) is 13.2 Å². The predicted octanol–water partition coefficient (Wildman–Crippen LogP) is 4.88. The highest BCUT2D eigenvalue weighted by Gasteiger charge is 2.50. The number of likely N-dealkylation sites (tertiary alicyclic amines) is 1. The number of halogens is 3. The molecule has 0 unspecified atom stereocenters. The van der Waals surface area contributed by atoms with Crippen LogP contribution < -0.4 is 0 Å². The molecule has 3 aliphatic rings. The summed E-state index contributed by atoms with van der Waals surface area (Å²) in [4.78, 5) is 18.1. The lowest BCUT2D eigenvalue weighted by Gasteiger charge is -2.40. The number of nitrogens with zero attached hydrogens (tertiary/aromatic N) is 2. The molecular weight excluding hydrogens is 377 g/mol. The lowest BCUT2D eigenvalue weighted by Crippen LogP contribution is -2.48. The number of hydrogen-bond donors (Lipinski definition) is 0. The fourth-order valence-corrected chi connectivity index (χ4v) is 5.65. The summed E-state index contributed by atoms with van der Waals surface area (Å²) in [5.41, 5.74) is 0.570. The van der Waals surface area contributed by atoms with Crippen molar-refractivity contribution in [3.05, 3.63) is 34.9 Å². The van der Waals surface area contributed by atoms with E-state index in [9.17, 15) is 18.0 Å². The van der Waals surface area contributed by atoms with Gasteiger partial charge in [-0.25, -0.2) is 0 Å². The molecule has 2 heterocycles. The molecule has 2 atom stereocenters. The Bertz CT molecular complexity index is 770. The number of rotatable bonds is 3. The Morgan fingerprint density at radius 1 is 1.14 bits per heavy atom. The second-order valence-electron chi connectivity index (χ2n) is 9.41. The van der Waals surface area contributed by atoms with Crippen molar-refractivity contribution < 1.29 is 18.0 Å². The molecule has 160 valence electrons. The Morgan fingerprint density at radius 2 is 1.86 bits per heavy atom. The summed E-state index contributed by atoms with van der Waals surface area (Å²) in [5, 5.41) is 0. The van der Waals surface area contributed by atoms with Crippen LogP contribution in [-0.4, -0.2) is 41.4 Å². The van der Waals surface area contributed by atoms with Gasteiger partial charge in [0.25, 0.3) is 0 Å². The van der Waals surface area contributed by atoms with Crippen LogP contribution in [0.5, 0.6) is 0 Å². The Hall–Kier alpha value is -1.56.